The second kappa shape index (κ2) is 6.90. The number of carbonyl (C=O) groups is 2. The lowest BCUT2D eigenvalue weighted by Gasteiger charge is -2.04. The van der Waals surface area contributed by atoms with E-state index in [0.29, 0.717) is 10.7 Å². The summed E-state index contributed by atoms with van der Waals surface area (Å²) in [6.07, 6.45) is 3.24. The zero-order chi connectivity index (χ0) is 17.1. The molecule has 24 heavy (non-hydrogen) atoms. The van der Waals surface area contributed by atoms with Crippen LogP contribution in [-0.2, 0) is 0 Å². The number of hydrogen-bond donors (Lipinski definition) is 3. The summed E-state index contributed by atoms with van der Waals surface area (Å²) in [6, 6.07) is 10.2. The minimum Gasteiger partial charge on any atom is -0.356 e. The summed E-state index contributed by atoms with van der Waals surface area (Å²) < 4.78 is 2.25. The maximum atomic E-state index is 12.1. The van der Waals surface area contributed by atoms with E-state index in [0.717, 1.165) is 10.2 Å². The van der Waals surface area contributed by atoms with E-state index >= 15 is 0 Å². The summed E-state index contributed by atoms with van der Waals surface area (Å²) in [5.74, 6) is -1.00. The molecule has 2 heterocycles. The normalized spacial score (nSPS) is 10.4. The third-order valence-corrected chi connectivity index (χ3v) is 3.77. The number of amides is 2. The van der Waals surface area contributed by atoms with Crippen LogP contribution in [0.25, 0.3) is 5.69 Å². The van der Waals surface area contributed by atoms with Gasteiger partial charge in [0.15, 0.2) is 5.69 Å². The van der Waals surface area contributed by atoms with E-state index in [2.05, 4.69) is 36.9 Å². The molecule has 0 unspecified atom stereocenters. The molecule has 0 radical (unpaired) electrons. The zero-order valence-electron chi connectivity index (χ0n) is 12.1. The Bertz CT molecular complexity index is 905. The minimum absolute atomic E-state index is 0.156. The number of carbonyl (C=O) groups excluding carboxylic acids is 2. The van der Waals surface area contributed by atoms with Gasteiger partial charge in [0.25, 0.3) is 11.8 Å². The molecule has 0 fully saturated rings. The maximum absolute atomic E-state index is 12.1. The number of nitrogens with one attached hydrogen (secondary N) is 3. The van der Waals surface area contributed by atoms with Gasteiger partial charge in [0.05, 0.1) is 5.69 Å². The number of aromatic nitrogens is 3. The van der Waals surface area contributed by atoms with Crippen molar-refractivity contribution in [3.8, 4) is 5.69 Å². The molecular formula is C15H11BrClN5O2. The van der Waals surface area contributed by atoms with Crippen LogP contribution >= 0.6 is 27.5 Å². The quantitative estimate of drug-likeness (QED) is 0.582. The summed E-state index contributed by atoms with van der Waals surface area (Å²) in [7, 11) is 0. The smallest absolute Gasteiger partial charge is 0.290 e. The monoisotopic (exact) mass is 407 g/mol. The van der Waals surface area contributed by atoms with E-state index in [-0.39, 0.29) is 5.69 Å². The second-order valence-electron chi connectivity index (χ2n) is 4.77. The first-order chi connectivity index (χ1) is 11.5. The van der Waals surface area contributed by atoms with Gasteiger partial charge < -0.3 is 4.98 Å². The molecule has 3 aromatic rings. The SMILES string of the molecule is O=C(NNC(=O)c1cc(Br)c[nH]1)c1ccn(-c2cccc(Cl)c2)n1. The molecule has 0 saturated heterocycles. The highest BCUT2D eigenvalue weighted by atomic mass is 79.9. The average molecular weight is 409 g/mol. The maximum Gasteiger partial charge on any atom is 0.290 e. The summed E-state index contributed by atoms with van der Waals surface area (Å²) in [5.41, 5.74) is 5.81. The minimum atomic E-state index is -0.533. The second-order valence-corrected chi connectivity index (χ2v) is 6.12. The molecular weight excluding hydrogens is 398 g/mol. The number of halogens is 2. The van der Waals surface area contributed by atoms with Crippen LogP contribution < -0.4 is 10.9 Å². The summed E-state index contributed by atoms with van der Waals surface area (Å²) in [5, 5.41) is 4.72. The molecule has 2 aromatic heterocycles. The van der Waals surface area contributed by atoms with Crippen LogP contribution in [0, 0.1) is 0 Å². The van der Waals surface area contributed by atoms with Crippen molar-refractivity contribution in [1.29, 1.82) is 0 Å². The molecule has 0 saturated carbocycles. The Morgan fingerprint density at radius 1 is 1.17 bits per heavy atom. The predicted octanol–water partition coefficient (Wildman–Crippen LogP) is 2.69. The lowest BCUT2D eigenvalue weighted by atomic mass is 10.3. The van der Waals surface area contributed by atoms with Crippen LogP contribution in [0.5, 0.6) is 0 Å². The third kappa shape index (κ3) is 3.66. The van der Waals surface area contributed by atoms with Crippen molar-refractivity contribution in [3.05, 3.63) is 69.7 Å². The molecule has 122 valence electrons. The zero-order valence-corrected chi connectivity index (χ0v) is 14.4. The van der Waals surface area contributed by atoms with Gasteiger partial charge in [-0.1, -0.05) is 17.7 Å². The highest BCUT2D eigenvalue weighted by Gasteiger charge is 2.13. The lowest BCUT2D eigenvalue weighted by molar-refractivity contribution is 0.0841. The van der Waals surface area contributed by atoms with E-state index in [1.807, 2.05) is 6.07 Å². The highest BCUT2D eigenvalue weighted by Crippen LogP contribution is 2.14. The number of nitrogens with zero attached hydrogens (tertiary/aromatic N) is 2. The molecule has 3 N–H and O–H groups in total. The summed E-state index contributed by atoms with van der Waals surface area (Å²) in [6.45, 7) is 0. The van der Waals surface area contributed by atoms with Gasteiger partial charge >= 0.3 is 0 Å². The van der Waals surface area contributed by atoms with Crippen LogP contribution in [0.15, 0.2) is 53.3 Å². The van der Waals surface area contributed by atoms with Crippen LogP contribution in [0.1, 0.15) is 21.0 Å². The fourth-order valence-electron chi connectivity index (χ4n) is 1.95. The number of H-pyrrole nitrogens is 1. The molecule has 3 rings (SSSR count). The van der Waals surface area contributed by atoms with Crippen molar-refractivity contribution in [1.82, 2.24) is 25.6 Å². The van der Waals surface area contributed by atoms with E-state index in [9.17, 15) is 9.59 Å². The third-order valence-electron chi connectivity index (χ3n) is 3.08. The molecule has 0 aliphatic carbocycles. The van der Waals surface area contributed by atoms with Crippen molar-refractivity contribution >= 4 is 39.3 Å². The Labute approximate surface area is 150 Å². The molecule has 0 aliphatic rings. The topological polar surface area (TPSA) is 91.8 Å². The Kier molecular flexibility index (Phi) is 4.68. The van der Waals surface area contributed by atoms with Gasteiger partial charge in [-0.3, -0.25) is 20.4 Å². The number of rotatable bonds is 3. The predicted molar refractivity (Wildman–Crippen MR) is 92.0 cm³/mol. The van der Waals surface area contributed by atoms with Gasteiger partial charge in [0, 0.05) is 21.9 Å². The molecule has 9 heteroatoms. The molecule has 0 spiro atoms. The molecule has 7 nitrogen and oxygen atoms in total. The van der Waals surface area contributed by atoms with Crippen LogP contribution in [0.4, 0.5) is 0 Å². The van der Waals surface area contributed by atoms with Gasteiger partial charge in [0.1, 0.15) is 5.69 Å². The van der Waals surface area contributed by atoms with E-state index in [1.165, 1.54) is 10.7 Å². The first-order valence-corrected chi connectivity index (χ1v) is 7.96. The van der Waals surface area contributed by atoms with Crippen molar-refractivity contribution in [2.24, 2.45) is 0 Å². The van der Waals surface area contributed by atoms with Crippen LogP contribution in [0.3, 0.4) is 0 Å². The first-order valence-electron chi connectivity index (χ1n) is 6.79. The number of benzene rings is 1. The largest absolute Gasteiger partial charge is 0.356 e. The highest BCUT2D eigenvalue weighted by molar-refractivity contribution is 9.10. The number of aromatic amines is 1. The van der Waals surface area contributed by atoms with E-state index in [1.54, 1.807) is 36.7 Å². The van der Waals surface area contributed by atoms with Crippen molar-refractivity contribution in [3.63, 3.8) is 0 Å². The number of hydrazine groups is 1. The Morgan fingerprint density at radius 3 is 2.67 bits per heavy atom. The summed E-state index contributed by atoms with van der Waals surface area (Å²) >= 11 is 9.16. The van der Waals surface area contributed by atoms with E-state index in [4.69, 9.17) is 11.6 Å². The molecule has 0 bridgehead atoms. The average Bonchev–Trinajstić information content (AvgIpc) is 3.21. The van der Waals surface area contributed by atoms with Crippen molar-refractivity contribution < 1.29 is 9.59 Å². The molecule has 1 aromatic carbocycles. The van der Waals surface area contributed by atoms with Gasteiger partial charge in [-0.05, 0) is 46.3 Å². The fraction of sp³-hybridized carbons (Fsp3) is 0. The molecule has 2 amide bonds. The first kappa shape index (κ1) is 16.3. The Morgan fingerprint density at radius 2 is 1.96 bits per heavy atom. The van der Waals surface area contributed by atoms with Crippen molar-refractivity contribution in [2.45, 2.75) is 0 Å². The molecule has 0 aliphatic heterocycles. The van der Waals surface area contributed by atoms with Gasteiger partial charge in [-0.15, -0.1) is 0 Å². The van der Waals surface area contributed by atoms with Crippen molar-refractivity contribution in [2.75, 3.05) is 0 Å². The fourth-order valence-corrected chi connectivity index (χ4v) is 2.48. The number of hydrogen-bond acceptors (Lipinski definition) is 3. The Balaban J connectivity index is 1.65. The van der Waals surface area contributed by atoms with Gasteiger partial charge in [-0.2, -0.15) is 5.10 Å². The lowest BCUT2D eigenvalue weighted by Crippen LogP contribution is -2.42. The Hall–Kier alpha value is -2.58. The van der Waals surface area contributed by atoms with Crippen LogP contribution in [-0.4, -0.2) is 26.6 Å². The standard InChI is InChI=1S/C15H11BrClN5O2/c16-9-6-13(18-8-9)15(24)20-19-14(23)12-4-5-22(21-12)11-3-1-2-10(17)7-11/h1-8,18H,(H,19,23)(H,20,24). The van der Waals surface area contributed by atoms with E-state index < -0.39 is 11.8 Å². The van der Waals surface area contributed by atoms with Gasteiger partial charge in [0.2, 0.25) is 0 Å². The summed E-state index contributed by atoms with van der Waals surface area (Å²) in [4.78, 5) is 26.6. The van der Waals surface area contributed by atoms with Crippen LogP contribution in [0.2, 0.25) is 5.02 Å². The molecule has 0 atom stereocenters. The van der Waals surface area contributed by atoms with Gasteiger partial charge in [-0.25, -0.2) is 4.68 Å².